The van der Waals surface area contributed by atoms with Crippen molar-refractivity contribution < 1.29 is 17.9 Å². The van der Waals surface area contributed by atoms with Gasteiger partial charge in [-0.3, -0.25) is 9.10 Å². The Morgan fingerprint density at radius 3 is 2.22 bits per heavy atom. The van der Waals surface area contributed by atoms with Gasteiger partial charge in [0.15, 0.2) is 0 Å². The maximum absolute atomic E-state index is 13.1. The molecule has 0 spiro atoms. The van der Waals surface area contributed by atoms with E-state index in [-0.39, 0.29) is 22.5 Å². The van der Waals surface area contributed by atoms with Crippen LogP contribution in [0.5, 0.6) is 5.75 Å². The van der Waals surface area contributed by atoms with Crippen LogP contribution >= 0.6 is 0 Å². The van der Waals surface area contributed by atoms with Crippen molar-refractivity contribution >= 4 is 21.6 Å². The molecule has 0 saturated heterocycles. The highest BCUT2D eigenvalue weighted by molar-refractivity contribution is 7.92. The van der Waals surface area contributed by atoms with E-state index >= 15 is 0 Å². The normalized spacial score (nSPS) is 11.3. The molecule has 3 aromatic carbocycles. The molecule has 3 aromatic rings. The molecule has 7 heteroatoms. The molecule has 0 heterocycles. The molecule has 0 radical (unpaired) electrons. The first-order valence-corrected chi connectivity index (χ1v) is 11.8. The Kier molecular flexibility index (Phi) is 7.20. The molecular weight excluding hydrogens is 424 g/mol. The lowest BCUT2D eigenvalue weighted by Crippen LogP contribution is -2.30. The zero-order chi connectivity index (χ0) is 23.3. The first kappa shape index (κ1) is 23.3. The van der Waals surface area contributed by atoms with Crippen molar-refractivity contribution in [2.45, 2.75) is 38.3 Å². The van der Waals surface area contributed by atoms with Gasteiger partial charge in [0.05, 0.1) is 22.3 Å². The van der Waals surface area contributed by atoms with Crippen LogP contribution in [0.3, 0.4) is 0 Å². The standard InChI is InChI=1S/C25H28N2O4S/c1-18(2)31-21-13-11-20(12-14-21)17-26-25(28)23-7-5-6-8-24(23)27(4)32(29,30)22-15-9-19(3)10-16-22/h5-16,18H,17H2,1-4H3,(H,26,28). The first-order chi connectivity index (χ1) is 15.2. The summed E-state index contributed by atoms with van der Waals surface area (Å²) in [6, 6.07) is 20.8. The summed E-state index contributed by atoms with van der Waals surface area (Å²) in [7, 11) is -2.35. The number of rotatable bonds is 8. The summed E-state index contributed by atoms with van der Waals surface area (Å²) < 4.78 is 33.0. The summed E-state index contributed by atoms with van der Waals surface area (Å²) in [5.74, 6) is 0.414. The monoisotopic (exact) mass is 452 g/mol. The van der Waals surface area contributed by atoms with Crippen molar-refractivity contribution in [3.8, 4) is 5.75 Å². The van der Waals surface area contributed by atoms with E-state index in [0.29, 0.717) is 12.2 Å². The number of amides is 1. The van der Waals surface area contributed by atoms with Gasteiger partial charge in [-0.1, -0.05) is 42.0 Å². The minimum Gasteiger partial charge on any atom is -0.491 e. The molecule has 0 aliphatic carbocycles. The molecule has 168 valence electrons. The molecule has 0 atom stereocenters. The number of carbonyl (C=O) groups excluding carboxylic acids is 1. The van der Waals surface area contributed by atoms with E-state index in [4.69, 9.17) is 4.74 Å². The SMILES string of the molecule is Cc1ccc(S(=O)(=O)N(C)c2ccccc2C(=O)NCc2ccc(OC(C)C)cc2)cc1. The van der Waals surface area contributed by atoms with E-state index in [1.807, 2.05) is 45.0 Å². The minimum atomic E-state index is -3.81. The number of ether oxygens (including phenoxy) is 1. The van der Waals surface area contributed by atoms with Gasteiger partial charge in [-0.2, -0.15) is 0 Å². The average Bonchev–Trinajstić information content (AvgIpc) is 2.78. The Morgan fingerprint density at radius 2 is 1.59 bits per heavy atom. The second-order valence-electron chi connectivity index (χ2n) is 7.80. The van der Waals surface area contributed by atoms with Gasteiger partial charge in [0.1, 0.15) is 5.75 Å². The molecule has 0 aliphatic heterocycles. The highest BCUT2D eigenvalue weighted by Crippen LogP contribution is 2.26. The summed E-state index contributed by atoms with van der Waals surface area (Å²) in [4.78, 5) is 13.1. The average molecular weight is 453 g/mol. The molecule has 0 aliphatic rings. The topological polar surface area (TPSA) is 75.7 Å². The number of nitrogens with zero attached hydrogens (tertiary/aromatic N) is 1. The van der Waals surface area contributed by atoms with E-state index in [2.05, 4.69) is 5.32 Å². The molecule has 0 unspecified atom stereocenters. The van der Waals surface area contributed by atoms with E-state index < -0.39 is 10.0 Å². The van der Waals surface area contributed by atoms with Crippen molar-refractivity contribution in [2.75, 3.05) is 11.4 Å². The fraction of sp³-hybridized carbons (Fsp3) is 0.240. The van der Waals surface area contributed by atoms with E-state index in [0.717, 1.165) is 21.2 Å². The Balaban J connectivity index is 1.76. The van der Waals surface area contributed by atoms with Crippen LogP contribution in [-0.4, -0.2) is 27.5 Å². The lowest BCUT2D eigenvalue weighted by molar-refractivity contribution is 0.0951. The zero-order valence-corrected chi connectivity index (χ0v) is 19.5. The summed E-state index contributed by atoms with van der Waals surface area (Å²) in [5, 5.41) is 2.87. The Labute approximate surface area is 189 Å². The smallest absolute Gasteiger partial charge is 0.264 e. The molecule has 0 bridgehead atoms. The molecule has 1 N–H and O–H groups in total. The number of hydrogen-bond donors (Lipinski definition) is 1. The highest BCUT2D eigenvalue weighted by atomic mass is 32.2. The number of aryl methyl sites for hydroxylation is 1. The Morgan fingerprint density at radius 1 is 0.969 bits per heavy atom. The summed E-state index contributed by atoms with van der Waals surface area (Å²) in [5.41, 5.74) is 2.47. The molecular formula is C25H28N2O4S. The number of nitrogens with one attached hydrogen (secondary N) is 1. The van der Waals surface area contributed by atoms with Crippen LogP contribution in [0.2, 0.25) is 0 Å². The number of benzene rings is 3. The van der Waals surface area contributed by atoms with Crippen LogP contribution in [0.25, 0.3) is 0 Å². The molecule has 6 nitrogen and oxygen atoms in total. The molecule has 1 amide bonds. The molecule has 32 heavy (non-hydrogen) atoms. The number of sulfonamides is 1. The van der Waals surface area contributed by atoms with Gasteiger partial charge >= 0.3 is 0 Å². The largest absolute Gasteiger partial charge is 0.491 e. The lowest BCUT2D eigenvalue weighted by atomic mass is 10.1. The fourth-order valence-corrected chi connectivity index (χ4v) is 4.39. The molecule has 0 aromatic heterocycles. The number of para-hydroxylation sites is 1. The van der Waals surface area contributed by atoms with Crippen LogP contribution in [0.1, 0.15) is 35.3 Å². The van der Waals surface area contributed by atoms with Crippen LogP contribution < -0.4 is 14.4 Å². The fourth-order valence-electron chi connectivity index (χ4n) is 3.17. The maximum atomic E-state index is 13.1. The van der Waals surface area contributed by atoms with E-state index in [1.54, 1.807) is 48.5 Å². The number of carbonyl (C=O) groups is 1. The van der Waals surface area contributed by atoms with Crippen LogP contribution in [0.4, 0.5) is 5.69 Å². The predicted octanol–water partition coefficient (Wildman–Crippen LogP) is 4.54. The second kappa shape index (κ2) is 9.87. The van der Waals surface area contributed by atoms with Crippen molar-refractivity contribution in [1.29, 1.82) is 0 Å². The van der Waals surface area contributed by atoms with Gasteiger partial charge in [-0.15, -0.1) is 0 Å². The van der Waals surface area contributed by atoms with Gasteiger partial charge in [-0.25, -0.2) is 8.42 Å². The van der Waals surface area contributed by atoms with Crippen molar-refractivity contribution in [1.82, 2.24) is 5.32 Å². The minimum absolute atomic E-state index is 0.0882. The van der Waals surface area contributed by atoms with Gasteiger partial charge in [-0.05, 0) is 62.7 Å². The maximum Gasteiger partial charge on any atom is 0.264 e. The molecule has 0 fully saturated rings. The lowest BCUT2D eigenvalue weighted by Gasteiger charge is -2.22. The Hall–Kier alpha value is -3.32. The van der Waals surface area contributed by atoms with E-state index in [1.165, 1.54) is 7.05 Å². The van der Waals surface area contributed by atoms with E-state index in [9.17, 15) is 13.2 Å². The highest BCUT2D eigenvalue weighted by Gasteiger charge is 2.24. The third kappa shape index (κ3) is 5.48. The zero-order valence-electron chi connectivity index (χ0n) is 18.7. The predicted molar refractivity (Wildman–Crippen MR) is 127 cm³/mol. The summed E-state index contributed by atoms with van der Waals surface area (Å²) in [6.07, 6.45) is 0.0882. The van der Waals surface area contributed by atoms with Crippen molar-refractivity contribution in [3.63, 3.8) is 0 Å². The van der Waals surface area contributed by atoms with Gasteiger partial charge in [0.2, 0.25) is 0 Å². The quantitative estimate of drug-likeness (QED) is 0.545. The summed E-state index contributed by atoms with van der Waals surface area (Å²) in [6.45, 7) is 6.12. The Bertz CT molecular complexity index is 1170. The van der Waals surface area contributed by atoms with Crippen molar-refractivity contribution in [3.05, 3.63) is 89.5 Å². The van der Waals surface area contributed by atoms with Crippen molar-refractivity contribution in [2.24, 2.45) is 0 Å². The van der Waals surface area contributed by atoms with Crippen LogP contribution in [0.15, 0.2) is 77.7 Å². The third-order valence-electron chi connectivity index (χ3n) is 4.92. The van der Waals surface area contributed by atoms with Gasteiger partial charge in [0.25, 0.3) is 15.9 Å². The van der Waals surface area contributed by atoms with Crippen LogP contribution in [-0.2, 0) is 16.6 Å². The van der Waals surface area contributed by atoms with Gasteiger partial charge in [0, 0.05) is 13.6 Å². The van der Waals surface area contributed by atoms with Crippen LogP contribution in [0, 0.1) is 6.92 Å². The van der Waals surface area contributed by atoms with Gasteiger partial charge < -0.3 is 10.1 Å². The summed E-state index contributed by atoms with van der Waals surface area (Å²) >= 11 is 0. The number of hydrogen-bond acceptors (Lipinski definition) is 4. The third-order valence-corrected chi connectivity index (χ3v) is 6.70. The molecule has 3 rings (SSSR count). The molecule has 0 saturated carbocycles. The first-order valence-electron chi connectivity index (χ1n) is 10.4. The number of anilines is 1. The second-order valence-corrected chi connectivity index (χ2v) is 9.77.